The quantitative estimate of drug-likeness (QED) is 0.122. The van der Waals surface area contributed by atoms with Crippen LogP contribution in [0.4, 0.5) is 5.69 Å². The van der Waals surface area contributed by atoms with Crippen LogP contribution in [0.2, 0.25) is 0 Å². The van der Waals surface area contributed by atoms with Crippen LogP contribution in [0.25, 0.3) is 38.7 Å². The summed E-state index contributed by atoms with van der Waals surface area (Å²) >= 11 is 0. The molecular weight excluding hydrogens is 560 g/mol. The molecular formula is C43H36N2O. The summed E-state index contributed by atoms with van der Waals surface area (Å²) in [6, 6.07) is 55.0. The van der Waals surface area contributed by atoms with E-state index in [1.807, 2.05) is 30.3 Å². The molecule has 7 rings (SSSR count). The minimum Gasteiger partial charge on any atom is -0.487 e. The van der Waals surface area contributed by atoms with E-state index in [9.17, 15) is 0 Å². The maximum atomic E-state index is 6.74. The van der Waals surface area contributed by atoms with Gasteiger partial charge in [-0.3, -0.25) is 0 Å². The second kappa shape index (κ2) is 13.6. The Morgan fingerprint density at radius 3 is 2.11 bits per heavy atom. The Morgan fingerprint density at radius 2 is 1.30 bits per heavy atom. The number of nitrogen functional groups attached to an aromatic ring is 1. The zero-order valence-electron chi connectivity index (χ0n) is 25.6. The highest BCUT2D eigenvalue weighted by Gasteiger charge is 2.13. The molecule has 3 nitrogen and oxygen atoms in total. The smallest absolute Gasteiger partial charge is 0.143 e. The third-order valence-corrected chi connectivity index (χ3v) is 8.46. The summed E-state index contributed by atoms with van der Waals surface area (Å²) in [7, 11) is 0. The van der Waals surface area contributed by atoms with E-state index in [1.54, 1.807) is 0 Å². The maximum Gasteiger partial charge on any atom is 0.143 e. The fourth-order valence-electron chi connectivity index (χ4n) is 6.02. The number of hydrogen-bond donors (Lipinski definition) is 2. The Hall–Kier alpha value is -5.64. The Bertz CT molecular complexity index is 2100. The van der Waals surface area contributed by atoms with Gasteiger partial charge in [0.05, 0.1) is 11.7 Å². The molecule has 0 aromatic heterocycles. The number of fused-ring (bicyclic) bond motifs is 3. The lowest BCUT2D eigenvalue weighted by Gasteiger charge is -2.18. The summed E-state index contributed by atoms with van der Waals surface area (Å²) in [6.45, 7) is 1.19. The van der Waals surface area contributed by atoms with Crippen molar-refractivity contribution in [1.82, 2.24) is 5.32 Å². The van der Waals surface area contributed by atoms with E-state index in [0.717, 1.165) is 27.1 Å². The molecule has 46 heavy (non-hydrogen) atoms. The van der Waals surface area contributed by atoms with Crippen LogP contribution in [-0.2, 0) is 13.2 Å². The van der Waals surface area contributed by atoms with Gasteiger partial charge in [0.2, 0.25) is 0 Å². The van der Waals surface area contributed by atoms with Crippen molar-refractivity contribution in [2.45, 2.75) is 19.2 Å². The summed E-state index contributed by atoms with van der Waals surface area (Å²) in [5, 5.41) is 8.24. The van der Waals surface area contributed by atoms with E-state index < -0.39 is 0 Å². The molecule has 0 aliphatic carbocycles. The lowest BCUT2D eigenvalue weighted by molar-refractivity contribution is 0.308. The fraction of sp³-hybridized carbons (Fsp3) is 0.0698. The normalized spacial score (nSPS) is 12.1. The Kier molecular flexibility index (Phi) is 8.57. The molecule has 1 unspecified atom stereocenters. The van der Waals surface area contributed by atoms with Crippen molar-refractivity contribution < 1.29 is 4.74 Å². The second-order valence-corrected chi connectivity index (χ2v) is 11.6. The van der Waals surface area contributed by atoms with Gasteiger partial charge in [-0.1, -0.05) is 152 Å². The maximum absolute atomic E-state index is 6.74. The van der Waals surface area contributed by atoms with Crippen LogP contribution < -0.4 is 15.8 Å². The highest BCUT2D eigenvalue weighted by atomic mass is 16.5. The monoisotopic (exact) mass is 596 g/mol. The van der Waals surface area contributed by atoms with Crippen molar-refractivity contribution in [3.63, 3.8) is 0 Å². The standard InChI is InChI=1S/C43H36N2O/c44-43-41(46-30-32-13-6-2-7-14-32)26-23-35-21-22-37-27-33(19-24-39(37)42(35)43)29-45-40(25-20-31-11-4-1-5-12-31)38-18-10-17-36(28-38)34-15-8-3-9-16-34/h1-28,40,45H,29-30,44H2/b25-20+. The van der Waals surface area contributed by atoms with Crippen molar-refractivity contribution >= 4 is 33.3 Å². The molecule has 224 valence electrons. The van der Waals surface area contributed by atoms with Crippen molar-refractivity contribution in [3.8, 4) is 16.9 Å². The average molecular weight is 597 g/mol. The van der Waals surface area contributed by atoms with Gasteiger partial charge in [0, 0.05) is 11.9 Å². The summed E-state index contributed by atoms with van der Waals surface area (Å²) in [4.78, 5) is 0. The van der Waals surface area contributed by atoms with Gasteiger partial charge >= 0.3 is 0 Å². The molecule has 7 aromatic carbocycles. The van der Waals surface area contributed by atoms with E-state index in [1.165, 1.54) is 27.8 Å². The van der Waals surface area contributed by atoms with Crippen LogP contribution in [-0.4, -0.2) is 0 Å². The van der Waals surface area contributed by atoms with Gasteiger partial charge in [-0.15, -0.1) is 0 Å². The van der Waals surface area contributed by atoms with Crippen molar-refractivity contribution in [2.75, 3.05) is 5.73 Å². The Labute approximate surface area is 270 Å². The Balaban J connectivity index is 1.16. The highest BCUT2D eigenvalue weighted by molar-refractivity contribution is 6.14. The molecule has 0 bridgehead atoms. The predicted molar refractivity (Wildman–Crippen MR) is 194 cm³/mol. The lowest BCUT2D eigenvalue weighted by atomic mass is 9.97. The second-order valence-electron chi connectivity index (χ2n) is 11.6. The Morgan fingerprint density at radius 1 is 0.609 bits per heavy atom. The molecule has 3 heteroatoms. The predicted octanol–water partition coefficient (Wildman–Crippen LogP) is 10.4. The number of nitrogens with one attached hydrogen (secondary N) is 1. The highest BCUT2D eigenvalue weighted by Crippen LogP contribution is 2.36. The lowest BCUT2D eigenvalue weighted by Crippen LogP contribution is -2.19. The number of hydrogen-bond acceptors (Lipinski definition) is 3. The zero-order chi connectivity index (χ0) is 31.1. The van der Waals surface area contributed by atoms with Crippen molar-refractivity contribution in [2.24, 2.45) is 0 Å². The minimum atomic E-state index is 0.0242. The zero-order valence-corrected chi connectivity index (χ0v) is 25.6. The molecule has 0 radical (unpaired) electrons. The first-order valence-corrected chi connectivity index (χ1v) is 15.7. The summed E-state index contributed by atoms with van der Waals surface area (Å²) in [5.74, 6) is 0.709. The van der Waals surface area contributed by atoms with Crippen molar-refractivity contribution in [3.05, 3.63) is 186 Å². The molecule has 0 heterocycles. The van der Waals surface area contributed by atoms with Crippen LogP contribution in [0.1, 0.15) is 28.3 Å². The summed E-state index contributed by atoms with van der Waals surface area (Å²) in [5.41, 5.74) is 14.6. The number of benzene rings is 7. The number of anilines is 1. The number of nitrogens with two attached hydrogens (primary N) is 1. The molecule has 0 saturated carbocycles. The third kappa shape index (κ3) is 6.56. The average Bonchev–Trinajstić information content (AvgIpc) is 3.12. The first-order chi connectivity index (χ1) is 22.7. The molecule has 0 aliphatic heterocycles. The van der Waals surface area contributed by atoms with Gasteiger partial charge < -0.3 is 15.8 Å². The summed E-state index contributed by atoms with van der Waals surface area (Å²) < 4.78 is 6.16. The molecule has 0 fully saturated rings. The van der Waals surface area contributed by atoms with E-state index in [-0.39, 0.29) is 6.04 Å². The van der Waals surface area contributed by atoms with Gasteiger partial charge in [0.15, 0.2) is 0 Å². The fourth-order valence-corrected chi connectivity index (χ4v) is 6.02. The SMILES string of the molecule is Nc1c(OCc2ccccc2)ccc2ccc3cc(CNC(/C=C/c4ccccc4)c4cccc(-c5ccccc5)c4)ccc3c12. The third-order valence-electron chi connectivity index (χ3n) is 8.46. The first-order valence-electron chi connectivity index (χ1n) is 15.7. The van der Waals surface area contributed by atoms with Gasteiger partial charge in [0.25, 0.3) is 0 Å². The molecule has 0 saturated heterocycles. The molecule has 0 amide bonds. The van der Waals surface area contributed by atoms with Gasteiger partial charge in [-0.05, 0) is 67.7 Å². The largest absolute Gasteiger partial charge is 0.487 e. The van der Waals surface area contributed by atoms with E-state index >= 15 is 0 Å². The first kappa shape index (κ1) is 29.1. The number of ether oxygens (including phenoxy) is 1. The molecule has 3 N–H and O–H groups in total. The van der Waals surface area contributed by atoms with Crippen LogP contribution in [0.3, 0.4) is 0 Å². The van der Waals surface area contributed by atoms with Crippen LogP contribution >= 0.6 is 0 Å². The molecule has 7 aromatic rings. The minimum absolute atomic E-state index is 0.0242. The van der Waals surface area contributed by atoms with Crippen LogP contribution in [0, 0.1) is 0 Å². The van der Waals surface area contributed by atoms with Gasteiger partial charge in [-0.25, -0.2) is 0 Å². The van der Waals surface area contributed by atoms with E-state index in [4.69, 9.17) is 10.5 Å². The van der Waals surface area contributed by atoms with Crippen LogP contribution in [0.5, 0.6) is 5.75 Å². The molecule has 0 aliphatic rings. The topological polar surface area (TPSA) is 47.3 Å². The van der Waals surface area contributed by atoms with Gasteiger partial charge in [-0.2, -0.15) is 0 Å². The molecule has 1 atom stereocenters. The van der Waals surface area contributed by atoms with E-state index in [0.29, 0.717) is 24.6 Å². The number of rotatable bonds is 10. The van der Waals surface area contributed by atoms with E-state index in [2.05, 4.69) is 145 Å². The summed E-state index contributed by atoms with van der Waals surface area (Å²) in [6.07, 6.45) is 4.45. The molecule has 0 spiro atoms. The van der Waals surface area contributed by atoms with Crippen LogP contribution in [0.15, 0.2) is 164 Å². The van der Waals surface area contributed by atoms with Crippen molar-refractivity contribution in [1.29, 1.82) is 0 Å². The van der Waals surface area contributed by atoms with Gasteiger partial charge in [0.1, 0.15) is 12.4 Å².